The van der Waals surface area contributed by atoms with Gasteiger partial charge in [0.2, 0.25) is 0 Å². The number of fused-ring (bicyclic) bond motifs is 1. The van der Waals surface area contributed by atoms with E-state index in [4.69, 9.17) is 10.5 Å². The Morgan fingerprint density at radius 1 is 1.10 bits per heavy atom. The van der Waals surface area contributed by atoms with Crippen LogP contribution in [0.2, 0.25) is 0 Å². The number of halogens is 1. The minimum atomic E-state index is -0.501. The Kier molecular flexibility index (Phi) is 7.33. The number of para-hydroxylation sites is 1. The number of hydrogen-bond donors (Lipinski definition) is 2. The summed E-state index contributed by atoms with van der Waals surface area (Å²) in [4.78, 5) is 28.3. The molecule has 1 aliphatic rings. The first-order chi connectivity index (χ1) is 14.5. The maximum Gasteiger partial charge on any atom is 0.256 e. The third-order valence-corrected chi connectivity index (χ3v) is 6.28. The maximum absolute atomic E-state index is 12.8. The van der Waals surface area contributed by atoms with Crippen molar-refractivity contribution in [1.29, 1.82) is 0 Å². The zero-order valence-electron chi connectivity index (χ0n) is 17.1. The van der Waals surface area contributed by atoms with Crippen LogP contribution >= 0.6 is 23.7 Å². The van der Waals surface area contributed by atoms with Crippen molar-refractivity contribution in [2.45, 2.75) is 19.9 Å². The average molecular weight is 458 g/mol. The number of carbonyl (C=O) groups is 2. The zero-order valence-corrected chi connectivity index (χ0v) is 18.7. The van der Waals surface area contributed by atoms with Gasteiger partial charge in [-0.3, -0.25) is 14.5 Å². The molecule has 0 aliphatic carbocycles. The third-order valence-electron chi connectivity index (χ3n) is 5.15. The number of nitrogens with two attached hydrogens (primary N) is 1. The highest BCUT2D eigenvalue weighted by atomic mass is 35.5. The number of hydrogen-bond acceptors (Lipinski definition) is 5. The monoisotopic (exact) mass is 457 g/mol. The summed E-state index contributed by atoms with van der Waals surface area (Å²) in [5.74, 6) is 0.585. The zero-order chi connectivity index (χ0) is 21.1. The number of primary amides is 1. The van der Waals surface area contributed by atoms with Crippen molar-refractivity contribution in [3.63, 3.8) is 0 Å². The van der Waals surface area contributed by atoms with Gasteiger partial charge in [-0.05, 0) is 54.9 Å². The van der Waals surface area contributed by atoms with E-state index in [1.807, 2.05) is 30.3 Å². The Hall–Kier alpha value is -2.87. The number of rotatable bonds is 6. The number of nitrogens with zero attached hydrogens (tertiary/aromatic N) is 1. The Labute approximate surface area is 191 Å². The molecule has 0 bridgehead atoms. The van der Waals surface area contributed by atoms with Crippen molar-refractivity contribution in [2.24, 2.45) is 5.73 Å². The second-order valence-electron chi connectivity index (χ2n) is 7.08. The van der Waals surface area contributed by atoms with Gasteiger partial charge in [0.05, 0.1) is 5.56 Å². The number of carbonyl (C=O) groups excluding carboxylic acids is 2. The van der Waals surface area contributed by atoms with Crippen LogP contribution in [0.4, 0.5) is 5.00 Å². The molecule has 0 spiro atoms. The molecule has 0 fully saturated rings. The summed E-state index contributed by atoms with van der Waals surface area (Å²) in [5.41, 5.74) is 7.54. The van der Waals surface area contributed by atoms with Gasteiger partial charge >= 0.3 is 0 Å². The van der Waals surface area contributed by atoms with E-state index in [0.29, 0.717) is 21.9 Å². The Bertz CT molecular complexity index is 1070. The summed E-state index contributed by atoms with van der Waals surface area (Å²) in [6, 6.07) is 16.3. The van der Waals surface area contributed by atoms with Crippen molar-refractivity contribution >= 4 is 40.6 Å². The molecule has 1 aromatic heterocycles. The summed E-state index contributed by atoms with van der Waals surface area (Å²) < 4.78 is 5.76. The molecule has 0 atom stereocenters. The largest absolute Gasteiger partial charge is 0.457 e. The van der Waals surface area contributed by atoms with Gasteiger partial charge in [0.1, 0.15) is 16.5 Å². The molecule has 0 unspecified atom stereocenters. The molecule has 8 heteroatoms. The van der Waals surface area contributed by atoms with E-state index < -0.39 is 5.91 Å². The molecule has 2 heterocycles. The van der Waals surface area contributed by atoms with Crippen molar-refractivity contribution in [2.75, 3.05) is 18.4 Å². The molecule has 162 valence electrons. The van der Waals surface area contributed by atoms with Crippen LogP contribution in [-0.4, -0.2) is 29.8 Å². The van der Waals surface area contributed by atoms with Gasteiger partial charge in [-0.2, -0.15) is 0 Å². The molecule has 4 rings (SSSR count). The predicted molar refractivity (Wildman–Crippen MR) is 126 cm³/mol. The summed E-state index contributed by atoms with van der Waals surface area (Å²) in [6.45, 7) is 4.72. The SMILES string of the molecule is CCN1CCc2c(sc(NC(=O)c3ccc(Oc4ccccc4)cc3)c2C(N)=O)C1.Cl. The third kappa shape index (κ3) is 5.07. The van der Waals surface area contributed by atoms with Gasteiger partial charge in [0.15, 0.2) is 0 Å². The Morgan fingerprint density at radius 2 is 1.77 bits per heavy atom. The number of nitrogens with one attached hydrogen (secondary N) is 1. The van der Waals surface area contributed by atoms with Gasteiger partial charge in [-0.1, -0.05) is 25.1 Å². The van der Waals surface area contributed by atoms with Crippen molar-refractivity contribution in [1.82, 2.24) is 4.90 Å². The lowest BCUT2D eigenvalue weighted by molar-refractivity contribution is 0.1000. The number of likely N-dealkylation sites (N-methyl/N-ethyl adjacent to an activating group) is 1. The standard InChI is InChI=1S/C23H23N3O3S.ClH/c1-2-26-13-12-18-19(14-26)30-23(20(18)21(24)27)25-22(28)15-8-10-17(11-9-15)29-16-6-4-3-5-7-16;/h3-11H,2,12-14H2,1H3,(H2,24,27)(H,25,28);1H. The lowest BCUT2D eigenvalue weighted by atomic mass is 10.0. The van der Waals surface area contributed by atoms with E-state index >= 15 is 0 Å². The van der Waals surface area contributed by atoms with E-state index in [0.717, 1.165) is 42.2 Å². The topological polar surface area (TPSA) is 84.7 Å². The summed E-state index contributed by atoms with van der Waals surface area (Å²) in [6.07, 6.45) is 0.763. The molecular formula is C23H24ClN3O3S. The van der Waals surface area contributed by atoms with Crippen LogP contribution in [0.25, 0.3) is 0 Å². The van der Waals surface area contributed by atoms with E-state index in [1.165, 1.54) is 11.3 Å². The molecule has 3 aromatic rings. The minimum Gasteiger partial charge on any atom is -0.457 e. The first-order valence-corrected chi connectivity index (χ1v) is 10.7. The van der Waals surface area contributed by atoms with Gasteiger partial charge in [0.25, 0.3) is 11.8 Å². The number of ether oxygens (including phenoxy) is 1. The van der Waals surface area contributed by atoms with Crippen LogP contribution in [0.1, 0.15) is 38.1 Å². The van der Waals surface area contributed by atoms with E-state index in [-0.39, 0.29) is 18.3 Å². The van der Waals surface area contributed by atoms with E-state index in [1.54, 1.807) is 24.3 Å². The first kappa shape index (κ1) is 22.8. The fraction of sp³-hybridized carbons (Fsp3) is 0.217. The molecule has 31 heavy (non-hydrogen) atoms. The summed E-state index contributed by atoms with van der Waals surface area (Å²) >= 11 is 1.44. The molecule has 0 saturated carbocycles. The average Bonchev–Trinajstić information content (AvgIpc) is 3.12. The lowest BCUT2D eigenvalue weighted by Crippen LogP contribution is -2.30. The second kappa shape index (κ2) is 9.96. The molecule has 3 N–H and O–H groups in total. The van der Waals surface area contributed by atoms with Crippen LogP contribution in [0, 0.1) is 0 Å². The molecule has 6 nitrogen and oxygen atoms in total. The van der Waals surface area contributed by atoms with Crippen molar-refractivity contribution in [3.05, 3.63) is 76.2 Å². The molecule has 0 radical (unpaired) electrons. The molecule has 2 amide bonds. The van der Waals surface area contributed by atoms with Crippen LogP contribution in [0.3, 0.4) is 0 Å². The van der Waals surface area contributed by atoms with Crippen molar-refractivity contribution < 1.29 is 14.3 Å². The van der Waals surface area contributed by atoms with E-state index in [2.05, 4.69) is 17.1 Å². The number of thiophene rings is 1. The van der Waals surface area contributed by atoms with Crippen LogP contribution < -0.4 is 15.8 Å². The molecule has 1 aliphatic heterocycles. The molecule has 0 saturated heterocycles. The highest BCUT2D eigenvalue weighted by Gasteiger charge is 2.27. The molecule has 2 aromatic carbocycles. The summed E-state index contributed by atoms with van der Waals surface area (Å²) in [7, 11) is 0. The Balaban J connectivity index is 0.00000272. The number of benzene rings is 2. The fourth-order valence-corrected chi connectivity index (χ4v) is 4.84. The summed E-state index contributed by atoms with van der Waals surface area (Å²) in [5, 5.41) is 3.41. The van der Waals surface area contributed by atoms with Crippen LogP contribution in [-0.2, 0) is 13.0 Å². The quantitative estimate of drug-likeness (QED) is 0.562. The lowest BCUT2D eigenvalue weighted by Gasteiger charge is -2.25. The highest BCUT2D eigenvalue weighted by Crippen LogP contribution is 2.37. The highest BCUT2D eigenvalue weighted by molar-refractivity contribution is 7.17. The smallest absolute Gasteiger partial charge is 0.256 e. The normalized spacial score (nSPS) is 13.1. The maximum atomic E-state index is 12.8. The van der Waals surface area contributed by atoms with E-state index in [9.17, 15) is 9.59 Å². The number of anilines is 1. The second-order valence-corrected chi connectivity index (χ2v) is 8.19. The van der Waals surface area contributed by atoms with Gasteiger partial charge in [-0.25, -0.2) is 0 Å². The Morgan fingerprint density at radius 3 is 2.42 bits per heavy atom. The van der Waals surface area contributed by atoms with Gasteiger partial charge < -0.3 is 15.8 Å². The van der Waals surface area contributed by atoms with Crippen molar-refractivity contribution in [3.8, 4) is 11.5 Å². The van der Waals surface area contributed by atoms with Crippen LogP contribution in [0.15, 0.2) is 54.6 Å². The molecular weight excluding hydrogens is 434 g/mol. The van der Waals surface area contributed by atoms with Gasteiger partial charge in [0, 0.05) is 23.5 Å². The first-order valence-electron chi connectivity index (χ1n) is 9.86. The predicted octanol–water partition coefficient (Wildman–Crippen LogP) is 4.69. The minimum absolute atomic E-state index is 0. The fourth-order valence-electron chi connectivity index (χ4n) is 3.55. The number of amides is 2. The van der Waals surface area contributed by atoms with Gasteiger partial charge in [-0.15, -0.1) is 23.7 Å². The van der Waals surface area contributed by atoms with Crippen LogP contribution in [0.5, 0.6) is 11.5 Å².